The predicted molar refractivity (Wildman–Crippen MR) is 118 cm³/mol. The van der Waals surface area contributed by atoms with Crippen molar-refractivity contribution < 1.29 is 0 Å². The zero-order valence-corrected chi connectivity index (χ0v) is 19.1. The molecule has 1 aliphatic carbocycles. The van der Waals surface area contributed by atoms with Crippen LogP contribution in [0.4, 0.5) is 0 Å². The zero-order chi connectivity index (χ0) is 19.1. The Morgan fingerprint density at radius 3 is 2.81 bits per heavy atom. The summed E-state index contributed by atoms with van der Waals surface area (Å²) in [7, 11) is 4.21. The van der Waals surface area contributed by atoms with E-state index in [1.807, 2.05) is 11.3 Å². The van der Waals surface area contributed by atoms with Gasteiger partial charge in [-0.2, -0.15) is 0 Å². The average Bonchev–Trinajstić information content (AvgIpc) is 3.16. The smallest absolute Gasteiger partial charge is 0.197 e. The van der Waals surface area contributed by atoms with Gasteiger partial charge in [0.15, 0.2) is 16.0 Å². The molecule has 0 saturated carbocycles. The minimum atomic E-state index is 0.466. The highest BCUT2D eigenvalue weighted by atomic mass is 32.2. The number of aryl methyl sites for hydroxylation is 1. The third kappa shape index (κ3) is 3.73. The van der Waals surface area contributed by atoms with E-state index in [0.29, 0.717) is 11.2 Å². The molecule has 3 heterocycles. The third-order valence-corrected chi connectivity index (χ3v) is 7.92. The lowest BCUT2D eigenvalue weighted by atomic mass is 9.87. The molecule has 3 aromatic rings. The van der Waals surface area contributed by atoms with Gasteiger partial charge in [0.2, 0.25) is 0 Å². The van der Waals surface area contributed by atoms with Gasteiger partial charge in [-0.25, -0.2) is 9.38 Å². The van der Waals surface area contributed by atoms with Crippen LogP contribution in [-0.2, 0) is 6.42 Å². The van der Waals surface area contributed by atoms with Crippen molar-refractivity contribution in [2.24, 2.45) is 0 Å². The predicted octanol–water partition coefficient (Wildman–Crippen LogP) is 4.93. The Bertz CT molecular complexity index is 959. The van der Waals surface area contributed by atoms with E-state index in [9.17, 15) is 0 Å². The highest BCUT2D eigenvalue weighted by molar-refractivity contribution is 8.00. The summed E-state index contributed by atoms with van der Waals surface area (Å²) in [6.45, 7) is 7.80. The van der Waals surface area contributed by atoms with Crippen molar-refractivity contribution in [3.8, 4) is 0 Å². The van der Waals surface area contributed by atoms with E-state index in [-0.39, 0.29) is 0 Å². The van der Waals surface area contributed by atoms with E-state index >= 15 is 0 Å². The number of rotatable bonds is 6. The Morgan fingerprint density at radius 1 is 1.26 bits per heavy atom. The summed E-state index contributed by atoms with van der Waals surface area (Å²) in [5, 5.41) is 12.9. The van der Waals surface area contributed by atoms with E-state index in [2.05, 4.69) is 54.4 Å². The molecule has 1 aliphatic rings. The average molecular weight is 422 g/mol. The summed E-state index contributed by atoms with van der Waals surface area (Å²) in [6, 6.07) is 0. The van der Waals surface area contributed by atoms with Crippen molar-refractivity contribution in [3.63, 3.8) is 0 Å². The maximum Gasteiger partial charge on any atom is 0.197 e. The van der Waals surface area contributed by atoms with Crippen LogP contribution in [0.3, 0.4) is 0 Å². The van der Waals surface area contributed by atoms with Crippen LogP contribution in [0.25, 0.3) is 15.9 Å². The van der Waals surface area contributed by atoms with Crippen LogP contribution in [0.1, 0.15) is 50.0 Å². The molecule has 8 heteroatoms. The molecule has 5 nitrogen and oxygen atoms in total. The monoisotopic (exact) mass is 421 g/mol. The van der Waals surface area contributed by atoms with Crippen molar-refractivity contribution >= 4 is 50.7 Å². The van der Waals surface area contributed by atoms with Crippen molar-refractivity contribution in [1.82, 2.24) is 24.5 Å². The summed E-state index contributed by atoms with van der Waals surface area (Å²) in [4.78, 5) is 9.95. The molecule has 27 heavy (non-hydrogen) atoms. The summed E-state index contributed by atoms with van der Waals surface area (Å²) in [5.41, 5.74) is 2.49. The van der Waals surface area contributed by atoms with Gasteiger partial charge in [-0.05, 0) is 44.8 Å². The first-order valence-electron chi connectivity index (χ1n) is 9.60. The van der Waals surface area contributed by atoms with Gasteiger partial charge >= 0.3 is 0 Å². The van der Waals surface area contributed by atoms with Crippen molar-refractivity contribution in [2.45, 2.75) is 61.5 Å². The minimum Gasteiger partial charge on any atom is -0.309 e. The fourth-order valence-electron chi connectivity index (χ4n) is 3.64. The number of hydrogen-bond acceptors (Lipinski definition) is 7. The maximum absolute atomic E-state index is 5.10. The molecule has 146 valence electrons. The fraction of sp³-hybridized carbons (Fsp3) is 0.632. The zero-order valence-electron chi connectivity index (χ0n) is 16.7. The molecule has 1 atom stereocenters. The van der Waals surface area contributed by atoms with Crippen LogP contribution in [0, 0.1) is 0 Å². The van der Waals surface area contributed by atoms with Gasteiger partial charge < -0.3 is 4.90 Å². The molecule has 0 unspecified atom stereocenters. The third-order valence-electron chi connectivity index (χ3n) is 4.89. The Morgan fingerprint density at radius 2 is 2.07 bits per heavy atom. The summed E-state index contributed by atoms with van der Waals surface area (Å²) in [5.74, 6) is 1.58. The first kappa shape index (κ1) is 19.5. The maximum atomic E-state index is 5.10. The van der Waals surface area contributed by atoms with E-state index in [4.69, 9.17) is 4.98 Å². The van der Waals surface area contributed by atoms with E-state index in [0.717, 1.165) is 33.1 Å². The summed E-state index contributed by atoms with van der Waals surface area (Å²) in [6.07, 6.45) is 3.72. The van der Waals surface area contributed by atoms with Gasteiger partial charge in [0, 0.05) is 22.4 Å². The molecule has 0 bridgehead atoms. The topological polar surface area (TPSA) is 46.3 Å². The highest BCUT2D eigenvalue weighted by Crippen LogP contribution is 2.44. The number of hydrogen-bond donors (Lipinski definition) is 0. The molecule has 0 aliphatic heterocycles. The molecule has 0 spiro atoms. The van der Waals surface area contributed by atoms with Crippen molar-refractivity contribution in [2.75, 3.05) is 26.4 Å². The normalized spacial score (nSPS) is 17.5. The molecular formula is C19H27N5S3. The van der Waals surface area contributed by atoms with Crippen LogP contribution in [0.2, 0.25) is 0 Å². The van der Waals surface area contributed by atoms with Gasteiger partial charge in [0.25, 0.3) is 0 Å². The second kappa shape index (κ2) is 7.89. The number of aromatic nitrogens is 4. The van der Waals surface area contributed by atoms with E-state index < -0.39 is 0 Å². The van der Waals surface area contributed by atoms with Gasteiger partial charge in [-0.15, -0.1) is 21.5 Å². The lowest BCUT2D eigenvalue weighted by Crippen LogP contribution is -2.15. The van der Waals surface area contributed by atoms with Gasteiger partial charge in [0.05, 0.1) is 5.39 Å². The lowest BCUT2D eigenvalue weighted by Gasteiger charge is -2.18. The van der Waals surface area contributed by atoms with E-state index in [1.54, 1.807) is 23.5 Å². The van der Waals surface area contributed by atoms with Gasteiger partial charge in [-0.1, -0.05) is 44.3 Å². The molecule has 4 rings (SSSR count). The molecule has 0 radical (unpaired) electrons. The Hall–Kier alpha value is -0.830. The molecule has 0 aromatic carbocycles. The summed E-state index contributed by atoms with van der Waals surface area (Å²) < 4.78 is 2.21. The molecular weight excluding hydrogens is 394 g/mol. The van der Waals surface area contributed by atoms with Gasteiger partial charge in [-0.3, -0.25) is 0 Å². The SMILES string of the molecule is CC(C)Sc1nc2sc3c(c2c2nnc(SCCN(C)C)n12)[C@@H](C)CCC3. The largest absolute Gasteiger partial charge is 0.309 e. The van der Waals surface area contributed by atoms with Crippen LogP contribution in [0.15, 0.2) is 10.3 Å². The van der Waals surface area contributed by atoms with E-state index in [1.165, 1.54) is 35.1 Å². The fourth-order valence-corrected chi connectivity index (χ4v) is 6.96. The molecule has 0 N–H and O–H groups in total. The Kier molecular flexibility index (Phi) is 5.69. The van der Waals surface area contributed by atoms with Crippen LogP contribution >= 0.6 is 34.9 Å². The number of nitrogens with zero attached hydrogens (tertiary/aromatic N) is 5. The van der Waals surface area contributed by atoms with Gasteiger partial charge in [0.1, 0.15) is 4.83 Å². The second-order valence-corrected chi connectivity index (χ2v) is 11.5. The van der Waals surface area contributed by atoms with Crippen LogP contribution < -0.4 is 0 Å². The Labute approximate surface area is 173 Å². The quantitative estimate of drug-likeness (QED) is 0.415. The molecule has 0 fully saturated rings. The summed E-state index contributed by atoms with van der Waals surface area (Å²) >= 11 is 5.45. The number of thiophene rings is 1. The van der Waals surface area contributed by atoms with Crippen LogP contribution in [-0.4, -0.2) is 56.1 Å². The number of thioether (sulfide) groups is 2. The minimum absolute atomic E-state index is 0.466. The first-order valence-corrected chi connectivity index (χ1v) is 12.3. The van der Waals surface area contributed by atoms with Crippen molar-refractivity contribution in [1.29, 1.82) is 0 Å². The van der Waals surface area contributed by atoms with Crippen molar-refractivity contribution in [3.05, 3.63) is 10.4 Å². The molecule has 0 amide bonds. The lowest BCUT2D eigenvalue weighted by molar-refractivity contribution is 0.437. The number of fused-ring (bicyclic) bond motifs is 5. The molecule has 0 saturated heterocycles. The highest BCUT2D eigenvalue weighted by Gasteiger charge is 2.27. The molecule has 3 aromatic heterocycles. The Balaban J connectivity index is 1.89. The second-order valence-electron chi connectivity index (χ2n) is 7.77. The van der Waals surface area contributed by atoms with Crippen LogP contribution in [0.5, 0.6) is 0 Å². The first-order chi connectivity index (χ1) is 13.0. The standard InChI is InChI=1S/C19H27N5S3/c1-11(2)26-18-20-17-15(14-12(3)7-6-8-13(14)27-17)16-21-22-19(24(16)18)25-10-9-23(4)5/h11-12H,6-10H2,1-5H3/t12-/m0/s1.